The zero-order chi connectivity index (χ0) is 19.1. The molecule has 1 fully saturated rings. The molecule has 4 rings (SSSR count). The van der Waals surface area contributed by atoms with Gasteiger partial charge in [0, 0.05) is 55.1 Å². The fraction of sp³-hybridized carbons (Fsp3) is 0.368. The molecule has 0 saturated carbocycles. The highest BCUT2D eigenvalue weighted by atomic mass is 35.5. The Kier molecular flexibility index (Phi) is 7.09. The summed E-state index contributed by atoms with van der Waals surface area (Å²) in [7, 11) is 0. The summed E-state index contributed by atoms with van der Waals surface area (Å²) in [5.74, 6) is 1.49. The lowest BCUT2D eigenvalue weighted by molar-refractivity contribution is 0.271. The lowest BCUT2D eigenvalue weighted by Gasteiger charge is -2.33. The minimum Gasteiger partial charge on any atom is -0.344 e. The topological polar surface area (TPSA) is 58.0 Å². The van der Waals surface area contributed by atoms with Crippen molar-refractivity contribution in [2.45, 2.75) is 13.8 Å². The number of anilines is 1. The minimum atomic E-state index is 0.725. The Morgan fingerprint density at radius 3 is 2.26 bits per heavy atom. The van der Waals surface area contributed by atoms with Crippen molar-refractivity contribution in [1.29, 1.82) is 0 Å². The standard InChI is InChI=1S/C13H18N6S.C6H5Cl/c1-3-18-4-6-19(7-5-18)13-16-12(17-20-13)11-8-14-10(2)15-9-11;7-6-4-2-1-3-5-6/h8-9H,3-7H2,1-2H3;1-5H. The SMILES string of the molecule is CCN1CCN(c2nc(-c3cnc(C)nc3)ns2)CC1.Clc1ccccc1. The Balaban J connectivity index is 0.000000253. The number of aryl methyl sites for hydroxylation is 1. The molecule has 6 nitrogen and oxygen atoms in total. The normalized spacial score (nSPS) is 14.6. The number of nitrogens with zero attached hydrogens (tertiary/aromatic N) is 6. The highest BCUT2D eigenvalue weighted by Crippen LogP contribution is 2.24. The van der Waals surface area contributed by atoms with Gasteiger partial charge in [0.15, 0.2) is 5.82 Å². The van der Waals surface area contributed by atoms with Crippen LogP contribution < -0.4 is 4.90 Å². The van der Waals surface area contributed by atoms with Crippen LogP contribution in [0.5, 0.6) is 0 Å². The highest BCUT2D eigenvalue weighted by Gasteiger charge is 2.19. The molecular weight excluding hydrogens is 380 g/mol. The molecule has 0 amide bonds. The van der Waals surface area contributed by atoms with Crippen LogP contribution in [0, 0.1) is 6.92 Å². The maximum absolute atomic E-state index is 5.54. The summed E-state index contributed by atoms with van der Waals surface area (Å²) in [6.45, 7) is 9.43. The number of hydrogen-bond donors (Lipinski definition) is 0. The molecule has 1 saturated heterocycles. The van der Waals surface area contributed by atoms with Crippen molar-refractivity contribution in [2.75, 3.05) is 37.6 Å². The van der Waals surface area contributed by atoms with E-state index < -0.39 is 0 Å². The first kappa shape index (κ1) is 19.7. The third-order valence-electron chi connectivity index (χ3n) is 4.28. The summed E-state index contributed by atoms with van der Waals surface area (Å²) >= 11 is 6.99. The number of benzene rings is 1. The van der Waals surface area contributed by atoms with E-state index in [1.165, 1.54) is 11.5 Å². The average molecular weight is 403 g/mol. The number of piperazine rings is 1. The van der Waals surface area contributed by atoms with Crippen molar-refractivity contribution < 1.29 is 0 Å². The van der Waals surface area contributed by atoms with Gasteiger partial charge >= 0.3 is 0 Å². The van der Waals surface area contributed by atoms with E-state index in [1.807, 2.05) is 37.3 Å². The second kappa shape index (κ2) is 9.73. The molecule has 0 atom stereocenters. The van der Waals surface area contributed by atoms with E-state index in [0.717, 1.165) is 60.1 Å². The minimum absolute atomic E-state index is 0.725. The van der Waals surface area contributed by atoms with Crippen molar-refractivity contribution >= 4 is 28.3 Å². The summed E-state index contributed by atoms with van der Waals surface area (Å²) in [5.41, 5.74) is 0.880. The van der Waals surface area contributed by atoms with E-state index in [-0.39, 0.29) is 0 Å². The molecule has 0 aliphatic carbocycles. The van der Waals surface area contributed by atoms with Crippen LogP contribution >= 0.6 is 23.1 Å². The number of hydrogen-bond acceptors (Lipinski definition) is 7. The molecule has 2 aromatic heterocycles. The molecule has 0 spiro atoms. The van der Waals surface area contributed by atoms with Crippen LogP contribution in [0.3, 0.4) is 0 Å². The van der Waals surface area contributed by atoms with Gasteiger partial charge < -0.3 is 9.80 Å². The quantitative estimate of drug-likeness (QED) is 0.664. The molecule has 8 heteroatoms. The molecule has 0 unspecified atom stereocenters. The van der Waals surface area contributed by atoms with Gasteiger partial charge in [-0.15, -0.1) is 0 Å². The highest BCUT2D eigenvalue weighted by molar-refractivity contribution is 7.09. The van der Waals surface area contributed by atoms with E-state index in [1.54, 1.807) is 12.4 Å². The van der Waals surface area contributed by atoms with Gasteiger partial charge in [0.2, 0.25) is 5.13 Å². The van der Waals surface area contributed by atoms with Crippen molar-refractivity contribution in [3.63, 3.8) is 0 Å². The Morgan fingerprint density at radius 2 is 1.70 bits per heavy atom. The molecule has 142 valence electrons. The number of likely N-dealkylation sites (N-methyl/N-ethyl adjacent to an activating group) is 1. The van der Waals surface area contributed by atoms with Gasteiger partial charge in [0.05, 0.1) is 5.56 Å². The molecular formula is C19H23ClN6S. The molecule has 0 N–H and O–H groups in total. The Morgan fingerprint density at radius 1 is 1.04 bits per heavy atom. The Hall–Kier alpha value is -2.09. The van der Waals surface area contributed by atoms with Crippen LogP contribution in [0.2, 0.25) is 5.02 Å². The maximum atomic E-state index is 5.54. The molecule has 3 aromatic rings. The fourth-order valence-corrected chi connectivity index (χ4v) is 3.52. The van der Waals surface area contributed by atoms with Gasteiger partial charge in [-0.05, 0) is 25.6 Å². The Labute approximate surface area is 169 Å². The van der Waals surface area contributed by atoms with Crippen LogP contribution in [0.25, 0.3) is 11.4 Å². The summed E-state index contributed by atoms with van der Waals surface area (Å²) in [6, 6.07) is 9.44. The number of aromatic nitrogens is 4. The van der Waals surface area contributed by atoms with Gasteiger partial charge in [0.25, 0.3) is 0 Å². The fourth-order valence-electron chi connectivity index (χ4n) is 2.64. The van der Waals surface area contributed by atoms with Crippen LogP contribution in [-0.4, -0.2) is 56.9 Å². The van der Waals surface area contributed by atoms with Crippen molar-refractivity contribution in [1.82, 2.24) is 24.2 Å². The predicted octanol–water partition coefficient (Wildman–Crippen LogP) is 3.79. The second-order valence-electron chi connectivity index (χ2n) is 6.14. The lowest BCUT2D eigenvalue weighted by Crippen LogP contribution is -2.46. The molecule has 1 aliphatic rings. The van der Waals surface area contributed by atoms with E-state index in [9.17, 15) is 0 Å². The summed E-state index contributed by atoms with van der Waals surface area (Å²) < 4.78 is 4.43. The summed E-state index contributed by atoms with van der Waals surface area (Å²) in [4.78, 5) is 17.8. The molecule has 3 heterocycles. The molecule has 1 aliphatic heterocycles. The van der Waals surface area contributed by atoms with Crippen LogP contribution in [0.4, 0.5) is 5.13 Å². The predicted molar refractivity (Wildman–Crippen MR) is 111 cm³/mol. The van der Waals surface area contributed by atoms with Gasteiger partial charge in [-0.25, -0.2) is 9.97 Å². The first-order valence-electron chi connectivity index (χ1n) is 8.96. The van der Waals surface area contributed by atoms with Crippen molar-refractivity contribution in [3.05, 3.63) is 53.6 Å². The van der Waals surface area contributed by atoms with Gasteiger partial charge in [-0.2, -0.15) is 9.36 Å². The molecule has 27 heavy (non-hydrogen) atoms. The molecule has 0 radical (unpaired) electrons. The van der Waals surface area contributed by atoms with Crippen LogP contribution in [0.1, 0.15) is 12.7 Å². The van der Waals surface area contributed by atoms with Gasteiger partial charge in [0.1, 0.15) is 5.82 Å². The Bertz CT molecular complexity index is 816. The van der Waals surface area contributed by atoms with Gasteiger partial charge in [-0.1, -0.05) is 36.7 Å². The molecule has 1 aromatic carbocycles. The van der Waals surface area contributed by atoms with Crippen molar-refractivity contribution in [2.24, 2.45) is 0 Å². The average Bonchev–Trinajstić information content (AvgIpc) is 3.20. The maximum Gasteiger partial charge on any atom is 0.205 e. The summed E-state index contributed by atoms with van der Waals surface area (Å²) in [5, 5.41) is 1.79. The first-order valence-corrected chi connectivity index (χ1v) is 10.1. The zero-order valence-corrected chi connectivity index (χ0v) is 17.1. The third kappa shape index (κ3) is 5.69. The monoisotopic (exact) mass is 402 g/mol. The van der Waals surface area contributed by atoms with E-state index in [2.05, 4.69) is 36.0 Å². The van der Waals surface area contributed by atoms with Crippen molar-refractivity contribution in [3.8, 4) is 11.4 Å². The van der Waals surface area contributed by atoms with Crippen LogP contribution in [0.15, 0.2) is 42.7 Å². The van der Waals surface area contributed by atoms with E-state index >= 15 is 0 Å². The zero-order valence-electron chi connectivity index (χ0n) is 15.5. The lowest BCUT2D eigenvalue weighted by atomic mass is 10.3. The number of halogens is 1. The van der Waals surface area contributed by atoms with Crippen LogP contribution in [-0.2, 0) is 0 Å². The van der Waals surface area contributed by atoms with E-state index in [4.69, 9.17) is 11.6 Å². The second-order valence-corrected chi connectivity index (χ2v) is 7.30. The first-order chi connectivity index (χ1) is 13.2. The van der Waals surface area contributed by atoms with E-state index in [0.29, 0.717) is 0 Å². The van der Waals surface area contributed by atoms with Gasteiger partial charge in [-0.3, -0.25) is 0 Å². The number of rotatable bonds is 3. The largest absolute Gasteiger partial charge is 0.344 e. The third-order valence-corrected chi connectivity index (χ3v) is 5.31. The molecule has 0 bridgehead atoms. The summed E-state index contributed by atoms with van der Waals surface area (Å²) in [6.07, 6.45) is 3.56. The smallest absolute Gasteiger partial charge is 0.205 e.